The number of amides is 1. The first-order chi connectivity index (χ1) is 6.83. The molecule has 0 bridgehead atoms. The minimum absolute atomic E-state index is 0.0500. The second-order valence-corrected chi connectivity index (χ2v) is 4.32. The summed E-state index contributed by atoms with van der Waals surface area (Å²) in [6.45, 7) is 2.13. The first-order valence-electron chi connectivity index (χ1n) is 5.54. The van der Waals surface area contributed by atoms with Gasteiger partial charge >= 0.3 is 0 Å². The molecule has 2 aliphatic rings. The first-order valence-corrected chi connectivity index (χ1v) is 5.54. The van der Waals surface area contributed by atoms with Gasteiger partial charge in [-0.3, -0.25) is 4.79 Å². The van der Waals surface area contributed by atoms with Gasteiger partial charge in [-0.1, -0.05) is 6.42 Å². The molecule has 0 radical (unpaired) electrons. The van der Waals surface area contributed by atoms with E-state index in [9.17, 15) is 4.79 Å². The topological polar surface area (TPSA) is 67.1 Å². The van der Waals surface area contributed by atoms with Crippen LogP contribution in [0.5, 0.6) is 0 Å². The normalized spacial score (nSPS) is 35.6. The SMILES string of the molecule is NCCNC(=O)C1NCC2CCCC21. The molecule has 1 aliphatic carbocycles. The highest BCUT2D eigenvalue weighted by Gasteiger charge is 2.42. The molecule has 1 heterocycles. The number of fused-ring (bicyclic) bond motifs is 1. The molecule has 0 aromatic rings. The first kappa shape index (κ1) is 9.93. The van der Waals surface area contributed by atoms with E-state index in [-0.39, 0.29) is 11.9 Å². The van der Waals surface area contributed by atoms with Gasteiger partial charge in [-0.15, -0.1) is 0 Å². The van der Waals surface area contributed by atoms with Crippen LogP contribution >= 0.6 is 0 Å². The van der Waals surface area contributed by atoms with Crippen molar-refractivity contribution in [2.24, 2.45) is 17.6 Å². The summed E-state index contributed by atoms with van der Waals surface area (Å²) in [5.41, 5.74) is 5.35. The van der Waals surface area contributed by atoms with Gasteiger partial charge in [0, 0.05) is 13.1 Å². The number of nitrogens with one attached hydrogen (secondary N) is 2. The zero-order valence-corrected chi connectivity index (χ0v) is 8.46. The minimum atomic E-state index is 0.0500. The monoisotopic (exact) mass is 197 g/mol. The lowest BCUT2D eigenvalue weighted by atomic mass is 9.94. The number of nitrogens with two attached hydrogens (primary N) is 1. The summed E-state index contributed by atoms with van der Waals surface area (Å²) in [4.78, 5) is 11.7. The lowest BCUT2D eigenvalue weighted by Crippen LogP contribution is -2.45. The molecular formula is C10H19N3O. The van der Waals surface area contributed by atoms with E-state index >= 15 is 0 Å². The molecule has 3 atom stereocenters. The fourth-order valence-corrected chi connectivity index (χ4v) is 2.78. The molecule has 1 saturated carbocycles. The molecule has 3 unspecified atom stereocenters. The Morgan fingerprint density at radius 3 is 3.14 bits per heavy atom. The van der Waals surface area contributed by atoms with Crippen LogP contribution < -0.4 is 16.4 Å². The summed E-state index contributed by atoms with van der Waals surface area (Å²) in [6.07, 6.45) is 3.79. The predicted molar refractivity (Wildman–Crippen MR) is 54.7 cm³/mol. The van der Waals surface area contributed by atoms with Gasteiger partial charge in [0.2, 0.25) is 5.91 Å². The fourth-order valence-electron chi connectivity index (χ4n) is 2.78. The van der Waals surface area contributed by atoms with Crippen molar-refractivity contribution >= 4 is 5.91 Å². The average Bonchev–Trinajstić information content (AvgIpc) is 2.74. The maximum Gasteiger partial charge on any atom is 0.237 e. The fraction of sp³-hybridized carbons (Fsp3) is 0.900. The molecule has 0 aromatic heterocycles. The van der Waals surface area contributed by atoms with E-state index in [0.717, 1.165) is 12.5 Å². The van der Waals surface area contributed by atoms with Crippen molar-refractivity contribution in [1.29, 1.82) is 0 Å². The molecule has 1 aliphatic heterocycles. The van der Waals surface area contributed by atoms with E-state index in [4.69, 9.17) is 5.73 Å². The van der Waals surface area contributed by atoms with Crippen LogP contribution in [0.2, 0.25) is 0 Å². The minimum Gasteiger partial charge on any atom is -0.353 e. The van der Waals surface area contributed by atoms with Crippen LogP contribution in [0, 0.1) is 11.8 Å². The molecular weight excluding hydrogens is 178 g/mol. The number of hydrogen-bond acceptors (Lipinski definition) is 3. The summed E-state index contributed by atoms with van der Waals surface area (Å²) in [6, 6.07) is 0.0500. The van der Waals surface area contributed by atoms with Gasteiger partial charge in [0.05, 0.1) is 6.04 Å². The zero-order chi connectivity index (χ0) is 9.97. The van der Waals surface area contributed by atoms with Gasteiger partial charge in [0.25, 0.3) is 0 Å². The van der Waals surface area contributed by atoms with E-state index in [1.54, 1.807) is 0 Å². The third-order valence-electron chi connectivity index (χ3n) is 3.47. The summed E-state index contributed by atoms with van der Waals surface area (Å²) < 4.78 is 0. The third-order valence-corrected chi connectivity index (χ3v) is 3.47. The second kappa shape index (κ2) is 4.28. The zero-order valence-electron chi connectivity index (χ0n) is 8.46. The van der Waals surface area contributed by atoms with E-state index in [2.05, 4.69) is 10.6 Å². The van der Waals surface area contributed by atoms with Crippen LogP contribution in [0.25, 0.3) is 0 Å². The van der Waals surface area contributed by atoms with Crippen molar-refractivity contribution in [3.8, 4) is 0 Å². The smallest absolute Gasteiger partial charge is 0.237 e. The Bertz CT molecular complexity index is 219. The molecule has 2 rings (SSSR count). The van der Waals surface area contributed by atoms with Crippen molar-refractivity contribution in [2.75, 3.05) is 19.6 Å². The van der Waals surface area contributed by atoms with Crippen LogP contribution in [-0.2, 0) is 4.79 Å². The van der Waals surface area contributed by atoms with E-state index in [1.165, 1.54) is 19.3 Å². The molecule has 0 spiro atoms. The maximum absolute atomic E-state index is 11.7. The van der Waals surface area contributed by atoms with Gasteiger partial charge in [0.1, 0.15) is 0 Å². The molecule has 4 heteroatoms. The van der Waals surface area contributed by atoms with Crippen molar-refractivity contribution in [3.63, 3.8) is 0 Å². The van der Waals surface area contributed by atoms with Gasteiger partial charge in [-0.2, -0.15) is 0 Å². The summed E-state index contributed by atoms with van der Waals surface area (Å²) in [7, 11) is 0. The second-order valence-electron chi connectivity index (χ2n) is 4.32. The number of hydrogen-bond donors (Lipinski definition) is 3. The van der Waals surface area contributed by atoms with Crippen molar-refractivity contribution in [1.82, 2.24) is 10.6 Å². The van der Waals surface area contributed by atoms with Gasteiger partial charge < -0.3 is 16.4 Å². The summed E-state index contributed by atoms with van der Waals surface area (Å²) in [5, 5.41) is 6.17. The Hall–Kier alpha value is -0.610. The van der Waals surface area contributed by atoms with E-state index < -0.39 is 0 Å². The molecule has 0 aromatic carbocycles. The molecule has 1 amide bonds. The van der Waals surface area contributed by atoms with E-state index in [1.807, 2.05) is 0 Å². The van der Waals surface area contributed by atoms with Gasteiger partial charge in [-0.05, 0) is 31.2 Å². The van der Waals surface area contributed by atoms with Gasteiger partial charge in [-0.25, -0.2) is 0 Å². The standard InChI is InChI=1S/C10H19N3O/c11-4-5-12-10(14)9-8-3-1-2-7(8)6-13-9/h7-9,13H,1-6,11H2,(H,12,14). The lowest BCUT2D eigenvalue weighted by Gasteiger charge is -2.17. The largest absolute Gasteiger partial charge is 0.353 e. The highest BCUT2D eigenvalue weighted by molar-refractivity contribution is 5.82. The molecule has 80 valence electrons. The quantitative estimate of drug-likeness (QED) is 0.568. The Kier molecular flexibility index (Phi) is 3.03. The van der Waals surface area contributed by atoms with Crippen LogP contribution in [0.3, 0.4) is 0 Å². The lowest BCUT2D eigenvalue weighted by molar-refractivity contribution is -0.123. The molecule has 4 N–H and O–H groups in total. The van der Waals surface area contributed by atoms with Crippen LogP contribution in [0.1, 0.15) is 19.3 Å². The number of carbonyl (C=O) groups excluding carboxylic acids is 1. The number of carbonyl (C=O) groups is 1. The Morgan fingerprint density at radius 1 is 1.50 bits per heavy atom. The molecule has 1 saturated heterocycles. The highest BCUT2D eigenvalue weighted by Crippen LogP contribution is 2.37. The number of rotatable bonds is 3. The Labute approximate surface area is 84.6 Å². The molecule has 14 heavy (non-hydrogen) atoms. The van der Waals surface area contributed by atoms with Crippen LogP contribution in [-0.4, -0.2) is 31.6 Å². The predicted octanol–water partition coefficient (Wildman–Crippen LogP) is -0.551. The Balaban J connectivity index is 1.88. The summed E-state index contributed by atoms with van der Waals surface area (Å²) >= 11 is 0. The van der Waals surface area contributed by atoms with Crippen molar-refractivity contribution < 1.29 is 4.79 Å². The van der Waals surface area contributed by atoms with Crippen molar-refractivity contribution in [2.45, 2.75) is 25.3 Å². The van der Waals surface area contributed by atoms with Crippen LogP contribution in [0.15, 0.2) is 0 Å². The molecule has 2 fully saturated rings. The third kappa shape index (κ3) is 1.77. The highest BCUT2D eigenvalue weighted by atomic mass is 16.2. The summed E-state index contributed by atoms with van der Waals surface area (Å²) in [5.74, 6) is 1.46. The average molecular weight is 197 g/mol. The van der Waals surface area contributed by atoms with Crippen LogP contribution in [0.4, 0.5) is 0 Å². The van der Waals surface area contributed by atoms with Crippen molar-refractivity contribution in [3.05, 3.63) is 0 Å². The van der Waals surface area contributed by atoms with Gasteiger partial charge in [0.15, 0.2) is 0 Å². The Morgan fingerprint density at radius 2 is 2.36 bits per heavy atom. The maximum atomic E-state index is 11.7. The van der Waals surface area contributed by atoms with E-state index in [0.29, 0.717) is 19.0 Å². The molecule has 4 nitrogen and oxygen atoms in total.